The molecule has 0 aliphatic carbocycles. The van der Waals surface area contributed by atoms with Crippen LogP contribution in [0.3, 0.4) is 0 Å². The monoisotopic (exact) mass is 200 g/mol. The number of hydrogen-bond donors (Lipinski definition) is 2. The van der Waals surface area contributed by atoms with Gasteiger partial charge in [0, 0.05) is 26.6 Å². The Morgan fingerprint density at radius 1 is 1.50 bits per heavy atom. The maximum atomic E-state index is 11.0. The Bertz CT molecular complexity index is 177. The molecule has 0 aromatic rings. The van der Waals surface area contributed by atoms with Crippen LogP contribution in [0.1, 0.15) is 19.3 Å². The second-order valence-corrected chi connectivity index (χ2v) is 3.89. The van der Waals surface area contributed by atoms with Crippen LogP contribution in [0, 0.1) is 5.92 Å². The van der Waals surface area contributed by atoms with Crippen LogP contribution in [0.4, 0.5) is 0 Å². The average molecular weight is 200 g/mol. The first-order valence-corrected chi connectivity index (χ1v) is 5.30. The van der Waals surface area contributed by atoms with Crippen LogP contribution in [-0.2, 0) is 4.79 Å². The average Bonchev–Trinajstić information content (AvgIpc) is 2.26. The van der Waals surface area contributed by atoms with Crippen LogP contribution < -0.4 is 5.32 Å². The first-order chi connectivity index (χ1) is 6.76. The topological polar surface area (TPSA) is 52.6 Å². The van der Waals surface area contributed by atoms with Crippen LogP contribution in [0.2, 0.25) is 0 Å². The molecule has 1 rings (SSSR count). The largest absolute Gasteiger partial charge is 0.396 e. The van der Waals surface area contributed by atoms with Gasteiger partial charge < -0.3 is 15.3 Å². The predicted molar refractivity (Wildman–Crippen MR) is 54.9 cm³/mol. The number of piperidine rings is 1. The van der Waals surface area contributed by atoms with Crippen molar-refractivity contribution in [2.45, 2.75) is 19.3 Å². The molecular weight excluding hydrogens is 180 g/mol. The zero-order valence-electron chi connectivity index (χ0n) is 8.83. The molecular formula is C10H20N2O2. The van der Waals surface area contributed by atoms with Gasteiger partial charge in [-0.1, -0.05) is 0 Å². The van der Waals surface area contributed by atoms with Crippen LogP contribution in [0.25, 0.3) is 0 Å². The number of nitrogens with zero attached hydrogens (tertiary/aromatic N) is 1. The van der Waals surface area contributed by atoms with Crippen molar-refractivity contribution in [3.8, 4) is 0 Å². The van der Waals surface area contributed by atoms with E-state index in [-0.39, 0.29) is 5.91 Å². The molecule has 0 spiro atoms. The second-order valence-electron chi connectivity index (χ2n) is 3.89. The van der Waals surface area contributed by atoms with E-state index in [0.29, 0.717) is 18.9 Å². The van der Waals surface area contributed by atoms with E-state index in [1.807, 2.05) is 0 Å². The number of aliphatic hydroxyl groups excluding tert-OH is 1. The minimum Gasteiger partial charge on any atom is -0.396 e. The van der Waals surface area contributed by atoms with E-state index in [4.69, 9.17) is 5.11 Å². The number of amides is 1. The molecule has 4 nitrogen and oxygen atoms in total. The summed E-state index contributed by atoms with van der Waals surface area (Å²) in [5.74, 6) is 0.584. The molecule has 1 aliphatic heterocycles. The molecule has 2 N–H and O–H groups in total. The van der Waals surface area contributed by atoms with Crippen molar-refractivity contribution in [2.75, 3.05) is 33.3 Å². The molecule has 0 radical (unpaired) electrons. The number of rotatable bonds is 4. The van der Waals surface area contributed by atoms with Gasteiger partial charge in [0.2, 0.25) is 5.91 Å². The summed E-state index contributed by atoms with van der Waals surface area (Å²) in [6, 6.07) is 0. The molecule has 0 bridgehead atoms. The Morgan fingerprint density at radius 2 is 2.14 bits per heavy atom. The lowest BCUT2D eigenvalue weighted by Crippen LogP contribution is -2.37. The molecule has 1 saturated heterocycles. The van der Waals surface area contributed by atoms with Crippen molar-refractivity contribution in [2.24, 2.45) is 5.92 Å². The Balaban J connectivity index is 2.13. The second kappa shape index (κ2) is 5.98. The lowest BCUT2D eigenvalue weighted by Gasteiger charge is -2.30. The molecule has 14 heavy (non-hydrogen) atoms. The third-order valence-electron chi connectivity index (χ3n) is 2.90. The van der Waals surface area contributed by atoms with E-state index in [9.17, 15) is 4.79 Å². The number of nitrogens with one attached hydrogen (secondary N) is 1. The highest BCUT2D eigenvalue weighted by Gasteiger charge is 2.18. The quantitative estimate of drug-likeness (QED) is 0.662. The Hall–Kier alpha value is -0.610. The third kappa shape index (κ3) is 3.64. The molecule has 4 heteroatoms. The van der Waals surface area contributed by atoms with Gasteiger partial charge in [-0.15, -0.1) is 0 Å². The standard InChI is InChI=1S/C10H20N2O2/c1-11-10(14)4-7-12-5-2-9(8-13)3-6-12/h9,13H,2-8H2,1H3,(H,11,14). The van der Waals surface area contributed by atoms with Gasteiger partial charge in [-0.05, 0) is 31.8 Å². The third-order valence-corrected chi connectivity index (χ3v) is 2.90. The lowest BCUT2D eigenvalue weighted by molar-refractivity contribution is -0.121. The maximum Gasteiger partial charge on any atom is 0.221 e. The van der Waals surface area contributed by atoms with Gasteiger partial charge in [-0.2, -0.15) is 0 Å². The lowest BCUT2D eigenvalue weighted by atomic mass is 9.98. The predicted octanol–water partition coefficient (Wildman–Crippen LogP) is -0.173. The highest BCUT2D eigenvalue weighted by Crippen LogP contribution is 2.16. The molecule has 1 heterocycles. The normalized spacial score (nSPS) is 19.6. The number of carbonyl (C=O) groups is 1. The van der Waals surface area contributed by atoms with Crippen LogP contribution >= 0.6 is 0 Å². The van der Waals surface area contributed by atoms with Crippen molar-refractivity contribution in [1.82, 2.24) is 10.2 Å². The molecule has 0 saturated carbocycles. The number of hydrogen-bond acceptors (Lipinski definition) is 3. The van der Waals surface area contributed by atoms with Crippen molar-refractivity contribution in [3.05, 3.63) is 0 Å². The zero-order valence-corrected chi connectivity index (χ0v) is 8.83. The summed E-state index contributed by atoms with van der Waals surface area (Å²) in [6.45, 7) is 3.19. The smallest absolute Gasteiger partial charge is 0.221 e. The van der Waals surface area contributed by atoms with E-state index in [0.717, 1.165) is 32.5 Å². The molecule has 82 valence electrons. The van der Waals surface area contributed by atoms with Gasteiger partial charge in [0.1, 0.15) is 0 Å². The fraction of sp³-hybridized carbons (Fsp3) is 0.900. The molecule has 0 atom stereocenters. The van der Waals surface area contributed by atoms with E-state index in [2.05, 4.69) is 10.2 Å². The summed E-state index contributed by atoms with van der Waals surface area (Å²) in [4.78, 5) is 13.3. The Kier molecular flexibility index (Phi) is 4.90. The maximum absolute atomic E-state index is 11.0. The minimum absolute atomic E-state index is 0.106. The molecule has 1 aliphatic rings. The summed E-state index contributed by atoms with van der Waals surface area (Å²) >= 11 is 0. The SMILES string of the molecule is CNC(=O)CCN1CCC(CO)CC1. The first kappa shape index (κ1) is 11.5. The highest BCUT2D eigenvalue weighted by atomic mass is 16.3. The van der Waals surface area contributed by atoms with Gasteiger partial charge in [-0.25, -0.2) is 0 Å². The number of likely N-dealkylation sites (tertiary alicyclic amines) is 1. The summed E-state index contributed by atoms with van der Waals surface area (Å²) in [5.41, 5.74) is 0. The van der Waals surface area contributed by atoms with E-state index >= 15 is 0 Å². The summed E-state index contributed by atoms with van der Waals surface area (Å²) < 4.78 is 0. The van der Waals surface area contributed by atoms with Gasteiger partial charge in [0.05, 0.1) is 0 Å². The van der Waals surface area contributed by atoms with E-state index in [1.54, 1.807) is 7.05 Å². The van der Waals surface area contributed by atoms with Crippen molar-refractivity contribution >= 4 is 5.91 Å². The number of aliphatic hydroxyl groups is 1. The molecule has 0 aromatic carbocycles. The molecule has 0 unspecified atom stereocenters. The van der Waals surface area contributed by atoms with E-state index < -0.39 is 0 Å². The van der Waals surface area contributed by atoms with Gasteiger partial charge in [0.25, 0.3) is 0 Å². The Morgan fingerprint density at radius 3 is 2.64 bits per heavy atom. The summed E-state index contributed by atoms with van der Waals surface area (Å²) in [7, 11) is 1.67. The van der Waals surface area contributed by atoms with Gasteiger partial charge in [0.15, 0.2) is 0 Å². The minimum atomic E-state index is 0.106. The summed E-state index contributed by atoms with van der Waals surface area (Å²) in [6.07, 6.45) is 2.70. The van der Waals surface area contributed by atoms with Crippen molar-refractivity contribution < 1.29 is 9.90 Å². The highest BCUT2D eigenvalue weighted by molar-refractivity contribution is 5.75. The van der Waals surface area contributed by atoms with Crippen LogP contribution in [0.15, 0.2) is 0 Å². The fourth-order valence-corrected chi connectivity index (χ4v) is 1.78. The molecule has 0 aromatic heterocycles. The van der Waals surface area contributed by atoms with Crippen LogP contribution in [-0.4, -0.2) is 49.2 Å². The molecule has 1 amide bonds. The van der Waals surface area contributed by atoms with E-state index in [1.165, 1.54) is 0 Å². The van der Waals surface area contributed by atoms with Crippen molar-refractivity contribution in [3.63, 3.8) is 0 Å². The Labute approximate surface area is 85.3 Å². The van der Waals surface area contributed by atoms with Crippen LogP contribution in [0.5, 0.6) is 0 Å². The molecule has 1 fully saturated rings. The van der Waals surface area contributed by atoms with Gasteiger partial charge in [-0.3, -0.25) is 4.79 Å². The fourth-order valence-electron chi connectivity index (χ4n) is 1.78. The zero-order chi connectivity index (χ0) is 10.4. The summed E-state index contributed by atoms with van der Waals surface area (Å²) in [5, 5.41) is 11.6. The first-order valence-electron chi connectivity index (χ1n) is 5.30. The van der Waals surface area contributed by atoms with Crippen molar-refractivity contribution in [1.29, 1.82) is 0 Å². The number of carbonyl (C=O) groups excluding carboxylic acids is 1. The van der Waals surface area contributed by atoms with Gasteiger partial charge >= 0.3 is 0 Å².